The second-order valence-electron chi connectivity index (χ2n) is 6.55. The number of ether oxygens (including phenoxy) is 1. The number of sulfonamides is 1. The zero-order valence-corrected chi connectivity index (χ0v) is 19.7. The summed E-state index contributed by atoms with van der Waals surface area (Å²) in [5, 5.41) is 6.54. The molecule has 0 radical (unpaired) electrons. The summed E-state index contributed by atoms with van der Waals surface area (Å²) in [6.45, 7) is 5.16. The van der Waals surface area contributed by atoms with Crippen LogP contribution in [-0.2, 0) is 10.0 Å². The summed E-state index contributed by atoms with van der Waals surface area (Å²) in [6, 6.07) is 6.09. The van der Waals surface area contributed by atoms with Gasteiger partial charge in [-0.25, -0.2) is 17.1 Å². The lowest BCUT2D eigenvalue weighted by atomic mass is 10.1. The van der Waals surface area contributed by atoms with Gasteiger partial charge in [-0.05, 0) is 51.0 Å². The van der Waals surface area contributed by atoms with Crippen molar-refractivity contribution < 1.29 is 17.5 Å². The highest BCUT2D eigenvalue weighted by Crippen LogP contribution is 2.15. The molecule has 1 aromatic rings. The van der Waals surface area contributed by atoms with Crippen LogP contribution in [0.3, 0.4) is 0 Å². The van der Waals surface area contributed by atoms with E-state index >= 15 is 0 Å². The van der Waals surface area contributed by atoms with Crippen LogP contribution in [0.1, 0.15) is 26.7 Å². The summed E-state index contributed by atoms with van der Waals surface area (Å²) >= 11 is 0. The van der Waals surface area contributed by atoms with Crippen molar-refractivity contribution >= 4 is 40.0 Å². The van der Waals surface area contributed by atoms with E-state index in [-0.39, 0.29) is 47.7 Å². The van der Waals surface area contributed by atoms with E-state index in [1.807, 2.05) is 6.92 Å². The lowest BCUT2D eigenvalue weighted by molar-refractivity contribution is 0.223. The normalized spacial score (nSPS) is 17.5. The van der Waals surface area contributed by atoms with Crippen LogP contribution in [0.15, 0.2) is 29.3 Å². The van der Waals surface area contributed by atoms with Gasteiger partial charge in [0.1, 0.15) is 17.7 Å². The van der Waals surface area contributed by atoms with Gasteiger partial charge in [0.15, 0.2) is 5.96 Å². The number of piperidine rings is 1. The number of nitrogens with zero attached hydrogens (tertiary/aromatic N) is 2. The third kappa shape index (κ3) is 7.70. The Morgan fingerprint density at radius 1 is 1.32 bits per heavy atom. The van der Waals surface area contributed by atoms with Gasteiger partial charge in [-0.1, -0.05) is 0 Å². The van der Waals surface area contributed by atoms with Crippen molar-refractivity contribution in [2.24, 2.45) is 4.99 Å². The van der Waals surface area contributed by atoms with Crippen LogP contribution < -0.4 is 15.4 Å². The highest BCUT2D eigenvalue weighted by molar-refractivity contribution is 14.0. The molecule has 28 heavy (non-hydrogen) atoms. The third-order valence-corrected chi connectivity index (χ3v) is 6.37. The van der Waals surface area contributed by atoms with Crippen LogP contribution in [0.2, 0.25) is 0 Å². The Morgan fingerprint density at radius 3 is 2.46 bits per heavy atom. The van der Waals surface area contributed by atoms with Gasteiger partial charge < -0.3 is 15.4 Å². The topological polar surface area (TPSA) is 83.0 Å². The zero-order chi connectivity index (χ0) is 19.9. The Hall–Kier alpha value is -1.14. The van der Waals surface area contributed by atoms with E-state index < -0.39 is 10.0 Å². The molecule has 1 heterocycles. The van der Waals surface area contributed by atoms with Crippen molar-refractivity contribution in [1.29, 1.82) is 0 Å². The Kier molecular flexibility index (Phi) is 10.5. The molecule has 0 bridgehead atoms. The molecule has 1 unspecified atom stereocenters. The van der Waals surface area contributed by atoms with Crippen molar-refractivity contribution in [1.82, 2.24) is 14.9 Å². The summed E-state index contributed by atoms with van der Waals surface area (Å²) in [7, 11) is -1.42. The molecule has 1 atom stereocenters. The monoisotopic (exact) mass is 528 g/mol. The van der Waals surface area contributed by atoms with E-state index in [0.29, 0.717) is 31.3 Å². The van der Waals surface area contributed by atoms with Crippen LogP contribution in [0.25, 0.3) is 0 Å². The fourth-order valence-corrected chi connectivity index (χ4v) is 4.01. The molecule has 2 rings (SSSR count). The fraction of sp³-hybridized carbons (Fsp3) is 0.611. The highest BCUT2D eigenvalue weighted by atomic mass is 127. The molecule has 0 saturated carbocycles. The number of halogens is 2. The second-order valence-corrected chi connectivity index (χ2v) is 8.81. The summed E-state index contributed by atoms with van der Waals surface area (Å²) in [4.78, 5) is 4.21. The SMILES string of the molecule is CCS(=O)(=O)N1CCC(NC(=NC)NCC(C)Oc2ccc(F)cc2)CC1.I. The Bertz CT molecular complexity index is 723. The average molecular weight is 528 g/mol. The first-order valence-electron chi connectivity index (χ1n) is 9.21. The number of guanidine groups is 1. The smallest absolute Gasteiger partial charge is 0.213 e. The van der Waals surface area contributed by atoms with Crippen LogP contribution in [0.5, 0.6) is 5.75 Å². The molecule has 1 aromatic carbocycles. The molecule has 160 valence electrons. The van der Waals surface area contributed by atoms with Crippen LogP contribution in [-0.4, -0.2) is 63.3 Å². The van der Waals surface area contributed by atoms with Crippen LogP contribution in [0.4, 0.5) is 4.39 Å². The van der Waals surface area contributed by atoms with Gasteiger partial charge in [-0.15, -0.1) is 24.0 Å². The van der Waals surface area contributed by atoms with Gasteiger partial charge in [0, 0.05) is 26.2 Å². The summed E-state index contributed by atoms with van der Waals surface area (Å²) in [5.74, 6) is 1.11. The number of rotatable bonds is 7. The minimum atomic E-state index is -3.11. The van der Waals surface area contributed by atoms with E-state index in [0.717, 1.165) is 12.8 Å². The summed E-state index contributed by atoms with van der Waals surface area (Å²) in [6.07, 6.45) is 1.34. The van der Waals surface area contributed by atoms with Gasteiger partial charge in [-0.3, -0.25) is 4.99 Å². The molecular formula is C18H30FIN4O3S. The Balaban J connectivity index is 0.00000392. The van der Waals surface area contributed by atoms with Crippen molar-refractivity contribution in [3.8, 4) is 5.75 Å². The molecule has 2 N–H and O–H groups in total. The molecule has 1 fully saturated rings. The number of nitrogens with one attached hydrogen (secondary N) is 2. The predicted octanol–water partition coefficient (Wildman–Crippen LogP) is 2.19. The molecular weight excluding hydrogens is 498 g/mol. The van der Waals surface area contributed by atoms with Crippen molar-refractivity contribution in [3.05, 3.63) is 30.1 Å². The predicted molar refractivity (Wildman–Crippen MR) is 120 cm³/mol. The largest absolute Gasteiger partial charge is 0.489 e. The van der Waals surface area contributed by atoms with E-state index in [1.165, 1.54) is 12.1 Å². The maximum atomic E-state index is 12.9. The number of benzene rings is 1. The molecule has 7 nitrogen and oxygen atoms in total. The fourth-order valence-electron chi connectivity index (χ4n) is 2.88. The van der Waals surface area contributed by atoms with Crippen LogP contribution >= 0.6 is 24.0 Å². The van der Waals surface area contributed by atoms with Gasteiger partial charge in [0.05, 0.1) is 12.3 Å². The number of hydrogen-bond acceptors (Lipinski definition) is 4. The quantitative estimate of drug-likeness (QED) is 0.322. The standard InChI is InChI=1S/C18H29FN4O3S.HI/c1-4-27(24,25)23-11-9-16(10-12-23)22-18(20-3)21-13-14(2)26-17-7-5-15(19)6-8-17;/h5-8,14,16H,4,9-13H2,1-3H3,(H2,20,21,22);1H. The lowest BCUT2D eigenvalue weighted by Gasteiger charge is -2.32. The molecule has 10 heteroatoms. The van der Waals surface area contributed by atoms with Gasteiger partial charge in [0.2, 0.25) is 10.0 Å². The molecule has 1 aliphatic heterocycles. The van der Waals surface area contributed by atoms with Gasteiger partial charge in [-0.2, -0.15) is 0 Å². The molecule has 1 saturated heterocycles. The van der Waals surface area contributed by atoms with Crippen LogP contribution in [0, 0.1) is 5.82 Å². The average Bonchev–Trinajstić information content (AvgIpc) is 2.67. The minimum Gasteiger partial charge on any atom is -0.489 e. The maximum Gasteiger partial charge on any atom is 0.213 e. The van der Waals surface area contributed by atoms with Gasteiger partial charge in [0.25, 0.3) is 0 Å². The molecule has 0 amide bonds. The van der Waals surface area contributed by atoms with Crippen molar-refractivity contribution in [3.63, 3.8) is 0 Å². The minimum absolute atomic E-state index is 0. The molecule has 1 aliphatic rings. The van der Waals surface area contributed by atoms with E-state index in [4.69, 9.17) is 4.74 Å². The summed E-state index contributed by atoms with van der Waals surface area (Å²) in [5.41, 5.74) is 0. The van der Waals surface area contributed by atoms with Crippen molar-refractivity contribution in [2.75, 3.05) is 32.4 Å². The first-order chi connectivity index (χ1) is 12.8. The lowest BCUT2D eigenvalue weighted by Crippen LogP contribution is -2.51. The molecule has 0 aromatic heterocycles. The first kappa shape index (κ1) is 24.9. The summed E-state index contributed by atoms with van der Waals surface area (Å²) < 4.78 is 44.1. The highest BCUT2D eigenvalue weighted by Gasteiger charge is 2.27. The number of aliphatic imine (C=N–C) groups is 1. The van der Waals surface area contributed by atoms with E-state index in [2.05, 4.69) is 15.6 Å². The molecule has 0 spiro atoms. The van der Waals surface area contributed by atoms with Gasteiger partial charge >= 0.3 is 0 Å². The van der Waals surface area contributed by atoms with Crippen molar-refractivity contribution in [2.45, 2.75) is 38.8 Å². The first-order valence-corrected chi connectivity index (χ1v) is 10.8. The Labute approximate surface area is 184 Å². The second kappa shape index (κ2) is 11.8. The van der Waals surface area contributed by atoms with E-state index in [9.17, 15) is 12.8 Å². The third-order valence-electron chi connectivity index (χ3n) is 4.48. The maximum absolute atomic E-state index is 12.9. The number of hydrogen-bond donors (Lipinski definition) is 2. The Morgan fingerprint density at radius 2 is 1.93 bits per heavy atom. The zero-order valence-electron chi connectivity index (χ0n) is 16.5. The molecule has 0 aliphatic carbocycles. The van der Waals surface area contributed by atoms with E-state index in [1.54, 1.807) is 30.4 Å².